The number of aryl methyl sites for hydroxylation is 1. The van der Waals surface area contributed by atoms with Gasteiger partial charge in [0.05, 0.1) is 7.11 Å². The molecule has 3 rings (SSSR count). The fourth-order valence-electron chi connectivity index (χ4n) is 3.68. The standard InChI is InChI=1S/C25H30N2O4/c1-6-27(16-18-7-9-19(10-8-18)26(3)4)24(28)14-13-22-17(2)21-12-11-20(30-5)15-23(21)31-25(22)29/h7-12,15H,6,13-14,16H2,1-5H3. The zero-order valence-corrected chi connectivity index (χ0v) is 18.9. The van der Waals surface area contributed by atoms with Gasteiger partial charge in [-0.3, -0.25) is 4.79 Å². The number of carbonyl (C=O) groups excluding carboxylic acids is 1. The molecule has 0 aliphatic heterocycles. The predicted octanol–water partition coefficient (Wildman–Crippen LogP) is 4.16. The summed E-state index contributed by atoms with van der Waals surface area (Å²) < 4.78 is 10.7. The summed E-state index contributed by atoms with van der Waals surface area (Å²) in [5.74, 6) is 0.656. The second-order valence-electron chi connectivity index (χ2n) is 7.82. The molecule has 0 saturated heterocycles. The molecule has 31 heavy (non-hydrogen) atoms. The highest BCUT2D eigenvalue weighted by Gasteiger charge is 2.17. The van der Waals surface area contributed by atoms with Gasteiger partial charge < -0.3 is 19.0 Å². The quantitative estimate of drug-likeness (QED) is 0.510. The lowest BCUT2D eigenvalue weighted by atomic mass is 10.0. The Balaban J connectivity index is 1.72. The van der Waals surface area contributed by atoms with Crippen LogP contribution in [0.1, 0.15) is 30.0 Å². The number of methoxy groups -OCH3 is 1. The number of carbonyl (C=O) groups is 1. The molecule has 0 aliphatic rings. The average Bonchev–Trinajstić information content (AvgIpc) is 2.76. The molecule has 2 aromatic carbocycles. The van der Waals surface area contributed by atoms with Gasteiger partial charge in [-0.05, 0) is 55.7 Å². The van der Waals surface area contributed by atoms with E-state index in [0.29, 0.717) is 36.4 Å². The van der Waals surface area contributed by atoms with Gasteiger partial charge in [-0.15, -0.1) is 0 Å². The lowest BCUT2D eigenvalue weighted by Gasteiger charge is -2.22. The molecule has 0 N–H and O–H groups in total. The average molecular weight is 423 g/mol. The van der Waals surface area contributed by atoms with Crippen molar-refractivity contribution in [3.05, 3.63) is 69.6 Å². The molecule has 0 unspecified atom stereocenters. The number of benzene rings is 2. The van der Waals surface area contributed by atoms with Crippen LogP contribution in [0.15, 0.2) is 51.7 Å². The Morgan fingerprint density at radius 3 is 2.42 bits per heavy atom. The fraction of sp³-hybridized carbons (Fsp3) is 0.360. The van der Waals surface area contributed by atoms with Crippen molar-refractivity contribution in [1.29, 1.82) is 0 Å². The van der Waals surface area contributed by atoms with Crippen molar-refractivity contribution in [2.75, 3.05) is 32.6 Å². The summed E-state index contributed by atoms with van der Waals surface area (Å²) in [4.78, 5) is 29.3. The van der Waals surface area contributed by atoms with Gasteiger partial charge in [0.25, 0.3) is 0 Å². The van der Waals surface area contributed by atoms with Crippen LogP contribution in [0.2, 0.25) is 0 Å². The maximum absolute atomic E-state index is 12.9. The highest BCUT2D eigenvalue weighted by molar-refractivity contribution is 5.82. The van der Waals surface area contributed by atoms with Crippen LogP contribution >= 0.6 is 0 Å². The van der Waals surface area contributed by atoms with Crippen LogP contribution in [0, 0.1) is 6.92 Å². The van der Waals surface area contributed by atoms with E-state index in [0.717, 1.165) is 22.2 Å². The van der Waals surface area contributed by atoms with Gasteiger partial charge in [-0.25, -0.2) is 4.79 Å². The molecule has 0 aliphatic carbocycles. The van der Waals surface area contributed by atoms with Crippen molar-refractivity contribution in [3.63, 3.8) is 0 Å². The second-order valence-corrected chi connectivity index (χ2v) is 7.82. The van der Waals surface area contributed by atoms with E-state index < -0.39 is 5.63 Å². The smallest absolute Gasteiger partial charge is 0.339 e. The predicted molar refractivity (Wildman–Crippen MR) is 124 cm³/mol. The molecule has 164 valence electrons. The SMILES string of the molecule is CCN(Cc1ccc(N(C)C)cc1)C(=O)CCc1c(C)c2ccc(OC)cc2oc1=O. The number of hydrogen-bond acceptors (Lipinski definition) is 5. The lowest BCUT2D eigenvalue weighted by Crippen LogP contribution is -2.31. The highest BCUT2D eigenvalue weighted by atomic mass is 16.5. The first-order valence-electron chi connectivity index (χ1n) is 10.5. The fourth-order valence-corrected chi connectivity index (χ4v) is 3.68. The molecule has 1 heterocycles. The lowest BCUT2D eigenvalue weighted by molar-refractivity contribution is -0.131. The molecule has 3 aromatic rings. The molecular formula is C25H30N2O4. The number of amides is 1. The van der Waals surface area contributed by atoms with E-state index in [-0.39, 0.29) is 12.3 Å². The van der Waals surface area contributed by atoms with Crippen LogP contribution in [-0.4, -0.2) is 38.6 Å². The van der Waals surface area contributed by atoms with Crippen molar-refractivity contribution in [3.8, 4) is 5.75 Å². The molecule has 1 aromatic heterocycles. The summed E-state index contributed by atoms with van der Waals surface area (Å²) in [6.45, 7) is 5.03. The van der Waals surface area contributed by atoms with E-state index in [1.54, 1.807) is 13.2 Å². The summed E-state index contributed by atoms with van der Waals surface area (Å²) in [7, 11) is 5.57. The minimum atomic E-state index is -0.395. The van der Waals surface area contributed by atoms with Crippen LogP contribution in [0.4, 0.5) is 5.69 Å². The topological polar surface area (TPSA) is 63.0 Å². The molecule has 0 radical (unpaired) electrons. The van der Waals surface area contributed by atoms with Crippen LogP contribution < -0.4 is 15.3 Å². The van der Waals surface area contributed by atoms with Gasteiger partial charge in [0.15, 0.2) is 0 Å². The zero-order chi connectivity index (χ0) is 22.5. The Morgan fingerprint density at radius 1 is 1.10 bits per heavy atom. The van der Waals surface area contributed by atoms with Crippen molar-refractivity contribution in [2.45, 2.75) is 33.2 Å². The molecule has 0 saturated carbocycles. The van der Waals surface area contributed by atoms with E-state index in [2.05, 4.69) is 0 Å². The van der Waals surface area contributed by atoms with E-state index in [4.69, 9.17) is 9.15 Å². The normalized spacial score (nSPS) is 10.9. The molecule has 1 amide bonds. The minimum absolute atomic E-state index is 0.0211. The second kappa shape index (κ2) is 9.69. The maximum Gasteiger partial charge on any atom is 0.339 e. The molecular weight excluding hydrogens is 392 g/mol. The van der Waals surface area contributed by atoms with Crippen molar-refractivity contribution in [1.82, 2.24) is 4.90 Å². The summed E-state index contributed by atoms with van der Waals surface area (Å²) in [6.07, 6.45) is 0.613. The van der Waals surface area contributed by atoms with Gasteiger partial charge >= 0.3 is 5.63 Å². The Morgan fingerprint density at radius 2 is 1.81 bits per heavy atom. The number of ether oxygens (including phenoxy) is 1. The summed E-state index contributed by atoms with van der Waals surface area (Å²) >= 11 is 0. The van der Waals surface area contributed by atoms with Crippen LogP contribution in [0.25, 0.3) is 11.0 Å². The molecule has 6 heteroatoms. The first kappa shape index (κ1) is 22.4. The number of fused-ring (bicyclic) bond motifs is 1. The summed E-state index contributed by atoms with van der Waals surface area (Å²) in [5.41, 5.74) is 3.70. The van der Waals surface area contributed by atoms with Crippen LogP contribution in [-0.2, 0) is 17.8 Å². The third kappa shape index (κ3) is 5.08. The minimum Gasteiger partial charge on any atom is -0.497 e. The Kier molecular flexibility index (Phi) is 7.00. The molecule has 0 fully saturated rings. The zero-order valence-electron chi connectivity index (χ0n) is 18.9. The monoisotopic (exact) mass is 422 g/mol. The molecule has 0 atom stereocenters. The molecule has 6 nitrogen and oxygen atoms in total. The van der Waals surface area contributed by atoms with Crippen LogP contribution in [0.5, 0.6) is 5.75 Å². The highest BCUT2D eigenvalue weighted by Crippen LogP contribution is 2.24. The number of rotatable bonds is 8. The van der Waals surface area contributed by atoms with E-state index >= 15 is 0 Å². The summed E-state index contributed by atoms with van der Waals surface area (Å²) in [6, 6.07) is 13.6. The number of hydrogen-bond donors (Lipinski definition) is 0. The third-order valence-electron chi connectivity index (χ3n) is 5.64. The van der Waals surface area contributed by atoms with Gasteiger partial charge in [0.1, 0.15) is 11.3 Å². The third-order valence-corrected chi connectivity index (χ3v) is 5.64. The van der Waals surface area contributed by atoms with E-state index in [9.17, 15) is 9.59 Å². The van der Waals surface area contributed by atoms with Crippen molar-refractivity contribution < 1.29 is 13.9 Å². The van der Waals surface area contributed by atoms with Crippen molar-refractivity contribution >= 4 is 22.6 Å². The Hall–Kier alpha value is -3.28. The first-order chi connectivity index (χ1) is 14.8. The molecule has 0 bridgehead atoms. The van der Waals surface area contributed by atoms with E-state index in [1.165, 1.54) is 0 Å². The number of nitrogens with zero attached hydrogens (tertiary/aromatic N) is 2. The summed E-state index contributed by atoms with van der Waals surface area (Å²) in [5, 5.41) is 0.858. The van der Waals surface area contributed by atoms with Gasteiger partial charge in [0, 0.05) is 56.3 Å². The van der Waals surface area contributed by atoms with Crippen LogP contribution in [0.3, 0.4) is 0 Å². The Bertz CT molecular complexity index is 1120. The van der Waals surface area contributed by atoms with Gasteiger partial charge in [-0.2, -0.15) is 0 Å². The molecule has 0 spiro atoms. The maximum atomic E-state index is 12.9. The van der Waals surface area contributed by atoms with Gasteiger partial charge in [-0.1, -0.05) is 12.1 Å². The largest absolute Gasteiger partial charge is 0.497 e. The Labute approximate surface area is 183 Å². The van der Waals surface area contributed by atoms with E-state index in [1.807, 2.05) is 74.1 Å². The number of anilines is 1. The van der Waals surface area contributed by atoms with Gasteiger partial charge in [0.2, 0.25) is 5.91 Å². The van der Waals surface area contributed by atoms with Crippen molar-refractivity contribution in [2.24, 2.45) is 0 Å². The first-order valence-corrected chi connectivity index (χ1v) is 10.5.